The van der Waals surface area contributed by atoms with Gasteiger partial charge in [-0.1, -0.05) is 6.92 Å². The topological polar surface area (TPSA) is 61.3 Å². The zero-order valence-corrected chi connectivity index (χ0v) is 10.2. The van der Waals surface area contributed by atoms with Gasteiger partial charge in [-0.3, -0.25) is 0 Å². The van der Waals surface area contributed by atoms with Crippen molar-refractivity contribution in [2.75, 3.05) is 37.0 Å². The van der Waals surface area contributed by atoms with E-state index in [-0.39, 0.29) is 6.61 Å². The molecule has 0 radical (unpaired) electrons. The van der Waals surface area contributed by atoms with Crippen molar-refractivity contribution >= 4 is 11.8 Å². The van der Waals surface area contributed by atoms with Gasteiger partial charge in [0.15, 0.2) is 0 Å². The second-order valence-electron chi connectivity index (χ2n) is 3.66. The van der Waals surface area contributed by atoms with Crippen molar-refractivity contribution in [3.05, 3.63) is 11.8 Å². The average Bonchev–Trinajstić information content (AvgIpc) is 2.29. The molecule has 0 spiro atoms. The zero-order chi connectivity index (χ0) is 12.0. The summed E-state index contributed by atoms with van der Waals surface area (Å²) in [4.78, 5) is 10.7. The molecule has 1 aromatic heterocycles. The van der Waals surface area contributed by atoms with Crippen LogP contribution in [0.3, 0.4) is 0 Å². The SMILES string of the molecule is CCCN(CCO)c1nc(NC)ncc1C. The summed E-state index contributed by atoms with van der Waals surface area (Å²) in [5.74, 6) is 1.51. The Morgan fingerprint density at radius 1 is 1.44 bits per heavy atom. The fourth-order valence-electron chi connectivity index (χ4n) is 1.59. The van der Waals surface area contributed by atoms with Gasteiger partial charge in [-0.2, -0.15) is 4.98 Å². The number of hydrogen-bond acceptors (Lipinski definition) is 5. The quantitative estimate of drug-likeness (QED) is 0.756. The fraction of sp³-hybridized carbons (Fsp3) is 0.636. The molecule has 5 heteroatoms. The van der Waals surface area contributed by atoms with Crippen molar-refractivity contribution in [3.8, 4) is 0 Å². The molecular weight excluding hydrogens is 204 g/mol. The molecule has 2 N–H and O–H groups in total. The van der Waals surface area contributed by atoms with Crippen LogP contribution in [0.25, 0.3) is 0 Å². The van der Waals surface area contributed by atoms with Crippen LogP contribution in [0.5, 0.6) is 0 Å². The molecule has 0 bridgehead atoms. The van der Waals surface area contributed by atoms with E-state index in [1.54, 1.807) is 13.2 Å². The summed E-state index contributed by atoms with van der Waals surface area (Å²) in [7, 11) is 1.80. The average molecular weight is 224 g/mol. The van der Waals surface area contributed by atoms with Crippen molar-refractivity contribution in [1.29, 1.82) is 0 Å². The van der Waals surface area contributed by atoms with E-state index in [1.807, 2.05) is 6.92 Å². The Labute approximate surface area is 96.5 Å². The lowest BCUT2D eigenvalue weighted by molar-refractivity contribution is 0.301. The highest BCUT2D eigenvalue weighted by Crippen LogP contribution is 2.17. The van der Waals surface area contributed by atoms with E-state index in [0.717, 1.165) is 24.3 Å². The first kappa shape index (κ1) is 12.7. The Kier molecular flexibility index (Phi) is 4.98. The number of nitrogens with zero attached hydrogens (tertiary/aromatic N) is 3. The van der Waals surface area contributed by atoms with Gasteiger partial charge in [-0.25, -0.2) is 4.98 Å². The van der Waals surface area contributed by atoms with Gasteiger partial charge < -0.3 is 15.3 Å². The van der Waals surface area contributed by atoms with Crippen LogP contribution in [0.1, 0.15) is 18.9 Å². The van der Waals surface area contributed by atoms with E-state index >= 15 is 0 Å². The van der Waals surface area contributed by atoms with Crippen LogP contribution in [-0.2, 0) is 0 Å². The minimum absolute atomic E-state index is 0.137. The molecule has 0 fully saturated rings. The van der Waals surface area contributed by atoms with E-state index < -0.39 is 0 Å². The van der Waals surface area contributed by atoms with Crippen LogP contribution >= 0.6 is 0 Å². The molecule has 0 aliphatic rings. The largest absolute Gasteiger partial charge is 0.395 e. The Balaban J connectivity index is 2.96. The first-order chi connectivity index (χ1) is 7.72. The van der Waals surface area contributed by atoms with Gasteiger partial charge in [-0.05, 0) is 13.3 Å². The summed E-state index contributed by atoms with van der Waals surface area (Å²) in [6.45, 7) is 5.73. The third kappa shape index (κ3) is 3.06. The molecule has 0 saturated carbocycles. The van der Waals surface area contributed by atoms with Gasteiger partial charge in [-0.15, -0.1) is 0 Å². The van der Waals surface area contributed by atoms with E-state index in [4.69, 9.17) is 5.11 Å². The van der Waals surface area contributed by atoms with Crippen LogP contribution in [0.15, 0.2) is 6.20 Å². The van der Waals surface area contributed by atoms with Crippen LogP contribution < -0.4 is 10.2 Å². The maximum atomic E-state index is 9.04. The zero-order valence-electron chi connectivity index (χ0n) is 10.2. The number of aromatic nitrogens is 2. The van der Waals surface area contributed by atoms with Crippen LogP contribution in [0, 0.1) is 6.92 Å². The molecule has 0 unspecified atom stereocenters. The lowest BCUT2D eigenvalue weighted by atomic mass is 10.3. The fourth-order valence-corrected chi connectivity index (χ4v) is 1.59. The molecule has 16 heavy (non-hydrogen) atoms. The Morgan fingerprint density at radius 3 is 2.75 bits per heavy atom. The van der Waals surface area contributed by atoms with Crippen molar-refractivity contribution in [1.82, 2.24) is 9.97 Å². The second kappa shape index (κ2) is 6.27. The number of rotatable bonds is 6. The van der Waals surface area contributed by atoms with Crippen LogP contribution in [0.4, 0.5) is 11.8 Å². The number of anilines is 2. The first-order valence-electron chi connectivity index (χ1n) is 5.60. The van der Waals surface area contributed by atoms with E-state index in [9.17, 15) is 0 Å². The van der Waals surface area contributed by atoms with Crippen molar-refractivity contribution in [2.24, 2.45) is 0 Å². The van der Waals surface area contributed by atoms with E-state index in [1.165, 1.54) is 0 Å². The Morgan fingerprint density at radius 2 is 2.19 bits per heavy atom. The molecule has 5 nitrogen and oxygen atoms in total. The molecule has 1 heterocycles. The molecule has 90 valence electrons. The maximum absolute atomic E-state index is 9.04. The molecule has 0 amide bonds. The number of nitrogens with one attached hydrogen (secondary N) is 1. The maximum Gasteiger partial charge on any atom is 0.224 e. The van der Waals surface area contributed by atoms with Gasteiger partial charge in [0.05, 0.1) is 6.61 Å². The molecule has 0 aliphatic carbocycles. The minimum Gasteiger partial charge on any atom is -0.395 e. The Bertz CT molecular complexity index is 324. The third-order valence-corrected chi connectivity index (χ3v) is 2.33. The first-order valence-corrected chi connectivity index (χ1v) is 5.60. The minimum atomic E-state index is 0.137. The highest BCUT2D eigenvalue weighted by atomic mass is 16.3. The summed E-state index contributed by atoms with van der Waals surface area (Å²) < 4.78 is 0. The van der Waals surface area contributed by atoms with Gasteiger partial charge in [0, 0.05) is 31.9 Å². The van der Waals surface area contributed by atoms with Crippen molar-refractivity contribution < 1.29 is 5.11 Å². The highest BCUT2D eigenvalue weighted by Gasteiger charge is 2.10. The highest BCUT2D eigenvalue weighted by molar-refractivity contribution is 5.48. The monoisotopic (exact) mass is 224 g/mol. The van der Waals surface area contributed by atoms with Gasteiger partial charge >= 0.3 is 0 Å². The lowest BCUT2D eigenvalue weighted by Gasteiger charge is -2.23. The molecule has 0 aliphatic heterocycles. The smallest absolute Gasteiger partial charge is 0.224 e. The predicted molar refractivity (Wildman–Crippen MR) is 65.9 cm³/mol. The molecule has 0 saturated heterocycles. The Hall–Kier alpha value is -1.36. The van der Waals surface area contributed by atoms with Crippen LogP contribution in [0.2, 0.25) is 0 Å². The molecule has 1 rings (SSSR count). The second-order valence-corrected chi connectivity index (χ2v) is 3.66. The molecule has 0 aromatic carbocycles. The van der Waals surface area contributed by atoms with E-state index in [0.29, 0.717) is 12.5 Å². The number of hydrogen-bond donors (Lipinski definition) is 2. The summed E-state index contributed by atoms with van der Waals surface area (Å²) in [5.41, 5.74) is 1.03. The van der Waals surface area contributed by atoms with Gasteiger partial charge in [0.1, 0.15) is 5.82 Å². The van der Waals surface area contributed by atoms with Gasteiger partial charge in [0.2, 0.25) is 5.95 Å². The molecular formula is C11H20N4O. The van der Waals surface area contributed by atoms with Gasteiger partial charge in [0.25, 0.3) is 0 Å². The normalized spacial score (nSPS) is 10.2. The summed E-state index contributed by atoms with van der Waals surface area (Å²) in [5, 5.41) is 12.0. The number of aliphatic hydroxyl groups is 1. The predicted octanol–water partition coefficient (Wildman–Crippen LogP) is 1.04. The summed E-state index contributed by atoms with van der Waals surface area (Å²) in [6.07, 6.45) is 2.83. The van der Waals surface area contributed by atoms with E-state index in [2.05, 4.69) is 27.1 Å². The standard InChI is InChI=1S/C11H20N4O/c1-4-5-15(6-7-16)10-9(2)8-13-11(12-3)14-10/h8,16H,4-7H2,1-3H3,(H,12,13,14). The number of aliphatic hydroxyl groups excluding tert-OH is 1. The molecule has 0 atom stereocenters. The number of aryl methyl sites for hydroxylation is 1. The summed E-state index contributed by atoms with van der Waals surface area (Å²) >= 11 is 0. The summed E-state index contributed by atoms with van der Waals surface area (Å²) in [6, 6.07) is 0. The van der Waals surface area contributed by atoms with Crippen molar-refractivity contribution in [2.45, 2.75) is 20.3 Å². The third-order valence-electron chi connectivity index (χ3n) is 2.33. The van der Waals surface area contributed by atoms with Crippen molar-refractivity contribution in [3.63, 3.8) is 0 Å². The van der Waals surface area contributed by atoms with Crippen LogP contribution in [-0.4, -0.2) is 41.8 Å². The molecule has 1 aromatic rings. The lowest BCUT2D eigenvalue weighted by Crippen LogP contribution is -2.29.